The van der Waals surface area contributed by atoms with Gasteiger partial charge in [-0.05, 0) is 12.2 Å². The summed E-state index contributed by atoms with van der Waals surface area (Å²) in [5.41, 5.74) is -1.67. The molecule has 0 heterocycles. The van der Waals surface area contributed by atoms with Gasteiger partial charge in [-0.15, -0.1) is 0 Å². The zero-order valence-electron chi connectivity index (χ0n) is 5.99. The molecule has 0 aromatic heterocycles. The fourth-order valence-electron chi connectivity index (χ4n) is 0.401. The molecule has 2 atom stereocenters. The van der Waals surface area contributed by atoms with E-state index < -0.39 is 11.1 Å². The van der Waals surface area contributed by atoms with Gasteiger partial charge in [0.25, 0.3) is 0 Å². The molecule has 0 fully saturated rings. The highest BCUT2D eigenvalue weighted by atomic mass is 35.5. The Kier molecular flexibility index (Phi) is 8.15. The summed E-state index contributed by atoms with van der Waals surface area (Å²) in [7, 11) is 0. The molecular weight excluding hydrogens is 301 g/mol. The SMILES string of the molecule is ClC(Cl)=CC(Cl)OC(Cl)C=C(Cl)Cl. The molecular formula is C6H4Cl6O. The highest BCUT2D eigenvalue weighted by Crippen LogP contribution is 2.18. The van der Waals surface area contributed by atoms with Gasteiger partial charge in [-0.25, -0.2) is 0 Å². The van der Waals surface area contributed by atoms with Crippen molar-refractivity contribution in [1.82, 2.24) is 0 Å². The lowest BCUT2D eigenvalue weighted by Gasteiger charge is -2.09. The molecule has 0 N–H and O–H groups in total. The topological polar surface area (TPSA) is 9.23 Å². The van der Waals surface area contributed by atoms with E-state index in [1.165, 1.54) is 12.2 Å². The van der Waals surface area contributed by atoms with E-state index >= 15 is 0 Å². The number of ether oxygens (including phenoxy) is 1. The van der Waals surface area contributed by atoms with Gasteiger partial charge < -0.3 is 4.74 Å². The molecule has 7 heteroatoms. The molecule has 1 nitrogen and oxygen atoms in total. The second-order valence-electron chi connectivity index (χ2n) is 1.75. The lowest BCUT2D eigenvalue weighted by Crippen LogP contribution is -2.08. The standard InChI is InChI=1S/C6H4Cl6O/c7-3(8)1-5(11)13-6(12)2-4(9)10/h1-2,5-6H. The van der Waals surface area contributed by atoms with Crippen LogP contribution in [0.4, 0.5) is 0 Å². The van der Waals surface area contributed by atoms with Crippen molar-refractivity contribution in [1.29, 1.82) is 0 Å². The van der Waals surface area contributed by atoms with E-state index in [1.807, 2.05) is 0 Å². The van der Waals surface area contributed by atoms with Crippen LogP contribution in [0.2, 0.25) is 0 Å². The first-order chi connectivity index (χ1) is 5.91. The Hall–Kier alpha value is 1.18. The van der Waals surface area contributed by atoms with Crippen LogP contribution in [-0.2, 0) is 4.74 Å². The Bertz CT molecular complexity index is 183. The molecule has 0 aromatic rings. The van der Waals surface area contributed by atoms with Crippen LogP contribution in [0.3, 0.4) is 0 Å². The largest absolute Gasteiger partial charge is 0.336 e. The van der Waals surface area contributed by atoms with Crippen molar-refractivity contribution < 1.29 is 4.74 Å². The van der Waals surface area contributed by atoms with Gasteiger partial charge in [0.05, 0.1) is 0 Å². The predicted octanol–water partition coefficient (Wildman–Crippen LogP) is 4.77. The van der Waals surface area contributed by atoms with Gasteiger partial charge in [0.2, 0.25) is 0 Å². The molecule has 0 aliphatic heterocycles. The van der Waals surface area contributed by atoms with Gasteiger partial charge in [-0.2, -0.15) is 0 Å². The average Bonchev–Trinajstić information content (AvgIpc) is 1.80. The van der Waals surface area contributed by atoms with Crippen molar-refractivity contribution in [3.63, 3.8) is 0 Å². The van der Waals surface area contributed by atoms with Crippen LogP contribution in [-0.4, -0.2) is 11.1 Å². The van der Waals surface area contributed by atoms with E-state index in [1.54, 1.807) is 0 Å². The zero-order chi connectivity index (χ0) is 10.4. The van der Waals surface area contributed by atoms with E-state index in [9.17, 15) is 0 Å². The van der Waals surface area contributed by atoms with E-state index in [4.69, 9.17) is 74.3 Å². The second kappa shape index (κ2) is 7.47. The summed E-state index contributed by atoms with van der Waals surface area (Å²) in [5.74, 6) is 0. The van der Waals surface area contributed by atoms with E-state index in [2.05, 4.69) is 0 Å². The molecule has 0 spiro atoms. The van der Waals surface area contributed by atoms with Crippen LogP contribution in [0.15, 0.2) is 21.1 Å². The smallest absolute Gasteiger partial charge is 0.154 e. The normalized spacial score (nSPS) is 14.6. The van der Waals surface area contributed by atoms with Crippen LogP contribution in [0, 0.1) is 0 Å². The monoisotopic (exact) mass is 302 g/mol. The highest BCUT2D eigenvalue weighted by Gasteiger charge is 2.08. The molecule has 76 valence electrons. The van der Waals surface area contributed by atoms with Gasteiger partial charge in [-0.1, -0.05) is 69.6 Å². The van der Waals surface area contributed by atoms with Crippen molar-refractivity contribution in [3.05, 3.63) is 21.1 Å². The van der Waals surface area contributed by atoms with E-state index in [-0.39, 0.29) is 8.98 Å². The van der Waals surface area contributed by atoms with Crippen molar-refractivity contribution in [2.75, 3.05) is 0 Å². The minimum absolute atomic E-state index is 0.00943. The first kappa shape index (κ1) is 14.2. The van der Waals surface area contributed by atoms with Crippen molar-refractivity contribution in [2.45, 2.75) is 11.1 Å². The molecule has 13 heavy (non-hydrogen) atoms. The van der Waals surface area contributed by atoms with Crippen LogP contribution in [0.25, 0.3) is 0 Å². The molecule has 0 radical (unpaired) electrons. The molecule has 0 saturated heterocycles. The Morgan fingerprint density at radius 3 is 1.38 bits per heavy atom. The summed E-state index contributed by atoms with van der Waals surface area (Å²) < 4.78 is 4.89. The Balaban J connectivity index is 3.99. The number of hydrogen-bond donors (Lipinski definition) is 0. The Morgan fingerprint density at radius 2 is 1.15 bits per heavy atom. The zero-order valence-corrected chi connectivity index (χ0v) is 10.5. The highest BCUT2D eigenvalue weighted by molar-refractivity contribution is 6.56. The lowest BCUT2D eigenvalue weighted by molar-refractivity contribution is 0.137. The summed E-state index contributed by atoms with van der Waals surface area (Å²) in [4.78, 5) is 0. The van der Waals surface area contributed by atoms with Gasteiger partial charge in [-0.3, -0.25) is 0 Å². The van der Waals surface area contributed by atoms with Crippen molar-refractivity contribution >= 4 is 69.6 Å². The number of rotatable bonds is 4. The first-order valence-corrected chi connectivity index (χ1v) is 5.29. The number of halogens is 6. The quantitative estimate of drug-likeness (QED) is 0.680. The molecule has 0 rings (SSSR count). The van der Waals surface area contributed by atoms with Crippen LogP contribution >= 0.6 is 69.6 Å². The summed E-state index contributed by atoms with van der Waals surface area (Å²) in [5, 5.41) is 0. The summed E-state index contributed by atoms with van der Waals surface area (Å²) in [6, 6.07) is 0. The first-order valence-electron chi connectivity index (χ1n) is 2.91. The molecule has 2 unspecified atom stereocenters. The fraction of sp³-hybridized carbons (Fsp3) is 0.333. The third kappa shape index (κ3) is 9.48. The van der Waals surface area contributed by atoms with Crippen LogP contribution in [0.5, 0.6) is 0 Å². The second-order valence-corrected chi connectivity index (χ2v) is 4.63. The van der Waals surface area contributed by atoms with E-state index in [0.717, 1.165) is 0 Å². The molecule has 0 amide bonds. The number of alkyl halides is 2. The molecule has 0 aliphatic carbocycles. The van der Waals surface area contributed by atoms with Crippen molar-refractivity contribution in [2.24, 2.45) is 0 Å². The summed E-state index contributed by atoms with van der Waals surface area (Å²) in [6.07, 6.45) is 2.52. The minimum atomic E-state index is -0.837. The molecule has 0 saturated carbocycles. The maximum absolute atomic E-state index is 5.59. The fourth-order valence-corrected chi connectivity index (χ4v) is 1.64. The van der Waals surface area contributed by atoms with Gasteiger partial charge in [0.15, 0.2) is 11.1 Å². The maximum atomic E-state index is 5.59. The predicted molar refractivity (Wildman–Crippen MR) is 59.9 cm³/mol. The van der Waals surface area contributed by atoms with E-state index in [0.29, 0.717) is 0 Å². The molecule has 0 bridgehead atoms. The van der Waals surface area contributed by atoms with Gasteiger partial charge in [0.1, 0.15) is 8.98 Å². The maximum Gasteiger partial charge on any atom is 0.154 e. The molecule has 0 aliphatic rings. The minimum Gasteiger partial charge on any atom is -0.336 e. The lowest BCUT2D eigenvalue weighted by atomic mass is 10.6. The average molecular weight is 305 g/mol. The third-order valence-corrected chi connectivity index (χ3v) is 1.74. The Morgan fingerprint density at radius 1 is 0.846 bits per heavy atom. The van der Waals surface area contributed by atoms with Crippen LogP contribution in [0.1, 0.15) is 0 Å². The van der Waals surface area contributed by atoms with Crippen molar-refractivity contribution in [3.8, 4) is 0 Å². The van der Waals surface area contributed by atoms with Gasteiger partial charge in [0, 0.05) is 0 Å². The Labute approximate surface area is 106 Å². The summed E-state index contributed by atoms with van der Waals surface area (Å²) >= 11 is 32.4. The summed E-state index contributed by atoms with van der Waals surface area (Å²) in [6.45, 7) is 0. The number of hydrogen-bond acceptors (Lipinski definition) is 1. The molecule has 0 aromatic carbocycles. The van der Waals surface area contributed by atoms with Gasteiger partial charge >= 0.3 is 0 Å². The third-order valence-electron chi connectivity index (χ3n) is 0.774. The van der Waals surface area contributed by atoms with Crippen LogP contribution < -0.4 is 0 Å².